The van der Waals surface area contributed by atoms with Crippen LogP contribution in [-0.4, -0.2) is 43.5 Å². The summed E-state index contributed by atoms with van der Waals surface area (Å²) in [5.74, 6) is -0.425. The van der Waals surface area contributed by atoms with Crippen LogP contribution in [0.1, 0.15) is 5.56 Å². The van der Waals surface area contributed by atoms with E-state index in [4.69, 9.17) is 0 Å². The van der Waals surface area contributed by atoms with Gasteiger partial charge in [0.2, 0.25) is 0 Å². The SMILES string of the molecule is O=S(=O)(c1ccccc1)n1ccc2c(CN3CCNCC3)cc(F)cc21. The third-order valence-corrected chi connectivity index (χ3v) is 6.43. The lowest BCUT2D eigenvalue weighted by Crippen LogP contribution is -2.42. The lowest BCUT2D eigenvalue weighted by atomic mass is 10.1. The monoisotopic (exact) mass is 373 g/mol. The van der Waals surface area contributed by atoms with Gasteiger partial charge in [-0.1, -0.05) is 18.2 Å². The van der Waals surface area contributed by atoms with Gasteiger partial charge in [-0.05, 0) is 35.9 Å². The van der Waals surface area contributed by atoms with E-state index in [2.05, 4.69) is 10.2 Å². The summed E-state index contributed by atoms with van der Waals surface area (Å²) in [5, 5.41) is 4.06. The van der Waals surface area contributed by atoms with Crippen molar-refractivity contribution in [1.29, 1.82) is 0 Å². The van der Waals surface area contributed by atoms with E-state index in [1.807, 2.05) is 0 Å². The first-order chi connectivity index (χ1) is 12.6. The predicted octanol–water partition coefficient (Wildman–Crippen LogP) is 2.42. The lowest BCUT2D eigenvalue weighted by molar-refractivity contribution is 0.234. The van der Waals surface area contributed by atoms with Crippen molar-refractivity contribution >= 4 is 20.9 Å². The van der Waals surface area contributed by atoms with Crippen LogP contribution in [0.4, 0.5) is 4.39 Å². The maximum absolute atomic E-state index is 14.3. The van der Waals surface area contributed by atoms with E-state index in [0.717, 1.165) is 37.1 Å². The van der Waals surface area contributed by atoms with Gasteiger partial charge in [-0.3, -0.25) is 4.90 Å². The minimum atomic E-state index is -3.76. The Morgan fingerprint density at radius 3 is 2.50 bits per heavy atom. The molecule has 0 spiro atoms. The molecule has 0 unspecified atom stereocenters. The number of hydrogen-bond acceptors (Lipinski definition) is 4. The highest BCUT2D eigenvalue weighted by Gasteiger charge is 2.21. The average molecular weight is 373 g/mol. The van der Waals surface area contributed by atoms with Crippen LogP contribution in [0.2, 0.25) is 0 Å². The summed E-state index contributed by atoms with van der Waals surface area (Å²) in [5.41, 5.74) is 1.18. The smallest absolute Gasteiger partial charge is 0.268 e. The number of nitrogens with zero attached hydrogens (tertiary/aromatic N) is 2. The number of rotatable bonds is 4. The predicted molar refractivity (Wildman–Crippen MR) is 99.1 cm³/mol. The molecule has 0 amide bonds. The van der Waals surface area contributed by atoms with E-state index in [0.29, 0.717) is 12.1 Å². The zero-order valence-electron chi connectivity index (χ0n) is 14.2. The fourth-order valence-electron chi connectivity index (χ4n) is 3.41. The molecule has 1 aliphatic heterocycles. The third-order valence-electron chi connectivity index (χ3n) is 4.73. The summed E-state index contributed by atoms with van der Waals surface area (Å²) in [7, 11) is -3.76. The van der Waals surface area contributed by atoms with Crippen LogP contribution in [0.5, 0.6) is 0 Å². The molecule has 0 saturated carbocycles. The van der Waals surface area contributed by atoms with Gasteiger partial charge in [0.15, 0.2) is 0 Å². The maximum Gasteiger partial charge on any atom is 0.268 e. The van der Waals surface area contributed by atoms with Gasteiger partial charge in [-0.2, -0.15) is 0 Å². The highest BCUT2D eigenvalue weighted by Crippen LogP contribution is 2.27. The lowest BCUT2D eigenvalue weighted by Gasteiger charge is -2.27. The molecule has 4 rings (SSSR count). The van der Waals surface area contributed by atoms with Gasteiger partial charge in [0, 0.05) is 44.3 Å². The van der Waals surface area contributed by atoms with Gasteiger partial charge in [0.05, 0.1) is 10.4 Å². The second kappa shape index (κ2) is 6.83. The van der Waals surface area contributed by atoms with E-state index in [1.165, 1.54) is 22.3 Å². The molecule has 5 nitrogen and oxygen atoms in total. The van der Waals surface area contributed by atoms with Crippen molar-refractivity contribution in [2.24, 2.45) is 0 Å². The molecule has 26 heavy (non-hydrogen) atoms. The number of nitrogens with one attached hydrogen (secondary N) is 1. The standard InChI is InChI=1S/C19H20FN3O2S/c20-16-12-15(14-22-10-7-21-8-11-22)18-6-9-23(19(18)13-16)26(24,25)17-4-2-1-3-5-17/h1-6,9,12-13,21H,7-8,10-11,14H2. The molecule has 1 fully saturated rings. The molecule has 0 radical (unpaired) electrons. The molecular weight excluding hydrogens is 353 g/mol. The van der Waals surface area contributed by atoms with Crippen molar-refractivity contribution in [2.45, 2.75) is 11.4 Å². The zero-order valence-corrected chi connectivity index (χ0v) is 15.0. The van der Waals surface area contributed by atoms with Crippen molar-refractivity contribution in [2.75, 3.05) is 26.2 Å². The average Bonchev–Trinajstić information content (AvgIpc) is 3.08. The molecule has 7 heteroatoms. The fraction of sp³-hybridized carbons (Fsp3) is 0.263. The van der Waals surface area contributed by atoms with Crippen molar-refractivity contribution in [3.05, 3.63) is 66.1 Å². The highest BCUT2D eigenvalue weighted by molar-refractivity contribution is 7.90. The summed E-state index contributed by atoms with van der Waals surface area (Å²) in [6.07, 6.45) is 1.51. The van der Waals surface area contributed by atoms with Gasteiger partial charge < -0.3 is 5.32 Å². The Hall–Kier alpha value is -2.22. The van der Waals surface area contributed by atoms with Crippen LogP contribution < -0.4 is 5.32 Å². The normalized spacial score (nSPS) is 16.2. The Balaban J connectivity index is 1.79. The van der Waals surface area contributed by atoms with E-state index < -0.39 is 15.8 Å². The molecule has 1 N–H and O–H groups in total. The second-order valence-electron chi connectivity index (χ2n) is 6.45. The second-order valence-corrected chi connectivity index (χ2v) is 8.27. The summed E-state index contributed by atoms with van der Waals surface area (Å²) in [4.78, 5) is 2.43. The minimum Gasteiger partial charge on any atom is -0.314 e. The van der Waals surface area contributed by atoms with Crippen molar-refractivity contribution in [3.8, 4) is 0 Å². The quantitative estimate of drug-likeness (QED) is 0.763. The van der Waals surface area contributed by atoms with Crippen molar-refractivity contribution < 1.29 is 12.8 Å². The van der Waals surface area contributed by atoms with Gasteiger partial charge in [-0.25, -0.2) is 16.8 Å². The van der Waals surface area contributed by atoms with Crippen LogP contribution in [0, 0.1) is 5.82 Å². The van der Waals surface area contributed by atoms with Gasteiger partial charge >= 0.3 is 0 Å². The van der Waals surface area contributed by atoms with Crippen LogP contribution in [0.3, 0.4) is 0 Å². The first kappa shape index (κ1) is 17.2. The Labute approximate surface area is 152 Å². The minimum absolute atomic E-state index is 0.186. The number of hydrogen-bond donors (Lipinski definition) is 1. The number of benzene rings is 2. The van der Waals surface area contributed by atoms with E-state index in [1.54, 1.807) is 36.4 Å². The Morgan fingerprint density at radius 2 is 1.77 bits per heavy atom. The largest absolute Gasteiger partial charge is 0.314 e. The fourth-order valence-corrected chi connectivity index (χ4v) is 4.77. The van der Waals surface area contributed by atoms with E-state index in [9.17, 15) is 12.8 Å². The maximum atomic E-state index is 14.3. The van der Waals surface area contributed by atoms with Crippen LogP contribution >= 0.6 is 0 Å². The summed E-state index contributed by atoms with van der Waals surface area (Å²) in [6, 6.07) is 12.7. The number of halogens is 1. The summed E-state index contributed by atoms with van der Waals surface area (Å²) < 4.78 is 41.3. The topological polar surface area (TPSA) is 54.3 Å². The van der Waals surface area contributed by atoms with Gasteiger partial charge in [0.1, 0.15) is 5.82 Å². The Kier molecular flexibility index (Phi) is 4.52. The van der Waals surface area contributed by atoms with Gasteiger partial charge in [0.25, 0.3) is 10.0 Å². The van der Waals surface area contributed by atoms with Gasteiger partial charge in [-0.15, -0.1) is 0 Å². The molecule has 2 heterocycles. The van der Waals surface area contributed by atoms with E-state index >= 15 is 0 Å². The van der Waals surface area contributed by atoms with Crippen molar-refractivity contribution in [1.82, 2.24) is 14.2 Å². The Morgan fingerprint density at radius 1 is 1.04 bits per heavy atom. The van der Waals surface area contributed by atoms with Crippen LogP contribution in [0.15, 0.2) is 59.6 Å². The molecule has 1 aromatic heterocycles. The van der Waals surface area contributed by atoms with Crippen LogP contribution in [-0.2, 0) is 16.6 Å². The van der Waals surface area contributed by atoms with E-state index in [-0.39, 0.29) is 4.90 Å². The zero-order chi connectivity index (χ0) is 18.1. The number of fused-ring (bicyclic) bond motifs is 1. The molecule has 136 valence electrons. The Bertz CT molecular complexity index is 1030. The molecule has 2 aromatic carbocycles. The molecule has 1 aliphatic rings. The summed E-state index contributed by atoms with van der Waals surface area (Å²) >= 11 is 0. The molecule has 0 atom stereocenters. The third kappa shape index (κ3) is 3.13. The number of piperazine rings is 1. The molecule has 1 saturated heterocycles. The first-order valence-electron chi connectivity index (χ1n) is 8.59. The molecule has 0 bridgehead atoms. The molecule has 0 aliphatic carbocycles. The first-order valence-corrected chi connectivity index (χ1v) is 10.0. The molecule has 3 aromatic rings. The van der Waals surface area contributed by atoms with Crippen LogP contribution in [0.25, 0.3) is 10.9 Å². The highest BCUT2D eigenvalue weighted by atomic mass is 32.2. The summed E-state index contributed by atoms with van der Waals surface area (Å²) in [6.45, 7) is 4.19. The number of aromatic nitrogens is 1. The molecular formula is C19H20FN3O2S. The van der Waals surface area contributed by atoms with Crippen molar-refractivity contribution in [3.63, 3.8) is 0 Å².